The molecule has 1 heteroatoms. The third-order valence-corrected chi connectivity index (χ3v) is 9.96. The summed E-state index contributed by atoms with van der Waals surface area (Å²) < 4.78 is 0. The highest BCUT2D eigenvalue weighted by molar-refractivity contribution is 5.46. The molecule has 0 heterocycles. The van der Waals surface area contributed by atoms with Crippen LogP contribution in [0.25, 0.3) is 0 Å². The van der Waals surface area contributed by atoms with E-state index in [1.165, 1.54) is 50.5 Å². The number of aliphatic hydroxyl groups is 1. The van der Waals surface area contributed by atoms with Gasteiger partial charge < -0.3 is 5.11 Å². The van der Waals surface area contributed by atoms with E-state index in [-0.39, 0.29) is 6.10 Å². The van der Waals surface area contributed by atoms with Crippen LogP contribution in [0.3, 0.4) is 0 Å². The second kappa shape index (κ2) is 7.70. The predicted molar refractivity (Wildman–Crippen MR) is 124 cm³/mol. The van der Waals surface area contributed by atoms with Crippen molar-refractivity contribution in [2.45, 2.75) is 98.5 Å². The minimum atomic E-state index is -0.0743. The number of rotatable bonds is 5. The standard InChI is InChI=1S/C28H44O/c1-18(2)19(3)7-8-20(4)24-11-12-25-23-10-9-21-17-22(29)13-15-27(21,5)26(23)14-16-28(24,25)6/h10,14,18,20-22,24-25,29H,3,7-9,11-13,15-17H2,1-2,4-6H3/t20-,21+,22?,24?,25?,27?,28?/m1/s1. The Labute approximate surface area is 179 Å². The van der Waals surface area contributed by atoms with Crippen molar-refractivity contribution in [3.63, 3.8) is 0 Å². The van der Waals surface area contributed by atoms with E-state index in [0.29, 0.717) is 22.7 Å². The summed E-state index contributed by atoms with van der Waals surface area (Å²) in [5.74, 6) is 3.64. The Bertz CT molecular complexity index is 712. The number of allylic oxidation sites excluding steroid dienone is 5. The lowest BCUT2D eigenvalue weighted by molar-refractivity contribution is 0.0310. The molecule has 1 N–H and O–H groups in total. The average Bonchev–Trinajstić information content (AvgIpc) is 3.03. The minimum Gasteiger partial charge on any atom is -0.393 e. The second-order valence-corrected chi connectivity index (χ2v) is 11.8. The maximum atomic E-state index is 10.2. The Morgan fingerprint density at radius 1 is 1.17 bits per heavy atom. The Morgan fingerprint density at radius 2 is 1.93 bits per heavy atom. The van der Waals surface area contributed by atoms with Crippen molar-refractivity contribution in [1.82, 2.24) is 0 Å². The van der Waals surface area contributed by atoms with E-state index in [2.05, 4.69) is 53.3 Å². The van der Waals surface area contributed by atoms with Crippen molar-refractivity contribution in [2.75, 3.05) is 0 Å². The van der Waals surface area contributed by atoms with E-state index in [1.54, 1.807) is 11.1 Å². The number of fused-ring (bicyclic) bond motifs is 5. The molecule has 0 aromatic carbocycles. The molecular formula is C28H44O. The van der Waals surface area contributed by atoms with Gasteiger partial charge in [0.05, 0.1) is 6.10 Å². The number of hydrogen-bond donors (Lipinski definition) is 1. The molecule has 0 spiro atoms. The Kier molecular flexibility index (Phi) is 5.69. The van der Waals surface area contributed by atoms with E-state index in [0.717, 1.165) is 30.6 Å². The molecule has 0 saturated heterocycles. The monoisotopic (exact) mass is 396 g/mol. The van der Waals surface area contributed by atoms with Crippen molar-refractivity contribution in [2.24, 2.45) is 40.4 Å². The maximum Gasteiger partial charge on any atom is 0.0543 e. The van der Waals surface area contributed by atoms with Crippen molar-refractivity contribution < 1.29 is 5.11 Å². The van der Waals surface area contributed by atoms with E-state index in [1.807, 2.05) is 0 Å². The first-order chi connectivity index (χ1) is 13.7. The summed E-state index contributed by atoms with van der Waals surface area (Å²) in [5, 5.41) is 10.2. The zero-order valence-electron chi connectivity index (χ0n) is 19.6. The molecule has 0 amide bonds. The van der Waals surface area contributed by atoms with Gasteiger partial charge >= 0.3 is 0 Å². The molecule has 0 bridgehead atoms. The number of aliphatic hydroxyl groups excluding tert-OH is 1. The predicted octanol–water partition coefficient (Wildman–Crippen LogP) is 7.47. The van der Waals surface area contributed by atoms with E-state index < -0.39 is 0 Å². The lowest BCUT2D eigenvalue weighted by atomic mass is 9.51. The normalized spacial score (nSPS) is 42.4. The molecule has 4 rings (SSSR count). The highest BCUT2D eigenvalue weighted by Crippen LogP contribution is 2.65. The van der Waals surface area contributed by atoms with Crippen LogP contribution in [0, 0.1) is 40.4 Å². The molecule has 0 aliphatic heterocycles. The van der Waals surface area contributed by atoms with Gasteiger partial charge in [0.2, 0.25) is 0 Å². The van der Waals surface area contributed by atoms with Crippen LogP contribution in [0.2, 0.25) is 0 Å². The summed E-state index contributed by atoms with van der Waals surface area (Å²) in [4.78, 5) is 0. The van der Waals surface area contributed by atoms with Gasteiger partial charge in [0.25, 0.3) is 0 Å². The van der Waals surface area contributed by atoms with Crippen LogP contribution in [-0.2, 0) is 0 Å². The highest BCUT2D eigenvalue weighted by atomic mass is 16.3. The minimum absolute atomic E-state index is 0.0743. The molecule has 0 aromatic rings. The number of hydrogen-bond acceptors (Lipinski definition) is 1. The lowest BCUT2D eigenvalue weighted by Gasteiger charge is -2.53. The first kappa shape index (κ1) is 21.4. The van der Waals surface area contributed by atoms with Gasteiger partial charge in [0.15, 0.2) is 0 Å². The quantitative estimate of drug-likeness (QED) is 0.478. The molecule has 0 aromatic heterocycles. The van der Waals surface area contributed by atoms with Crippen LogP contribution >= 0.6 is 0 Å². The summed E-state index contributed by atoms with van der Waals surface area (Å²) in [6, 6.07) is 0. The smallest absolute Gasteiger partial charge is 0.0543 e. The van der Waals surface area contributed by atoms with Crippen molar-refractivity contribution in [3.05, 3.63) is 35.5 Å². The summed E-state index contributed by atoms with van der Waals surface area (Å²) in [6.45, 7) is 16.5. The van der Waals surface area contributed by atoms with E-state index in [9.17, 15) is 5.11 Å². The molecule has 1 nitrogen and oxygen atoms in total. The molecular weight excluding hydrogens is 352 g/mol. The van der Waals surface area contributed by atoms with Gasteiger partial charge in [-0.1, -0.05) is 58.9 Å². The van der Waals surface area contributed by atoms with Crippen molar-refractivity contribution in [1.29, 1.82) is 0 Å². The largest absolute Gasteiger partial charge is 0.393 e. The molecule has 2 fully saturated rings. The average molecular weight is 397 g/mol. The lowest BCUT2D eigenvalue weighted by Crippen LogP contribution is -2.44. The van der Waals surface area contributed by atoms with Crippen LogP contribution < -0.4 is 0 Å². The molecule has 0 radical (unpaired) electrons. The topological polar surface area (TPSA) is 20.2 Å². The van der Waals surface area contributed by atoms with Gasteiger partial charge in [0, 0.05) is 0 Å². The summed E-state index contributed by atoms with van der Waals surface area (Å²) in [5.41, 5.74) is 5.57. The van der Waals surface area contributed by atoms with Crippen LogP contribution in [0.5, 0.6) is 0 Å². The molecule has 2 saturated carbocycles. The zero-order chi connectivity index (χ0) is 21.0. The van der Waals surface area contributed by atoms with E-state index in [4.69, 9.17) is 0 Å². The first-order valence-corrected chi connectivity index (χ1v) is 12.4. The molecule has 4 aliphatic carbocycles. The van der Waals surface area contributed by atoms with Gasteiger partial charge in [-0.05, 0) is 109 Å². The fourth-order valence-electron chi connectivity index (χ4n) is 7.71. The first-order valence-electron chi connectivity index (χ1n) is 12.4. The van der Waals surface area contributed by atoms with Gasteiger partial charge in [-0.2, -0.15) is 0 Å². The molecule has 162 valence electrons. The van der Waals surface area contributed by atoms with Crippen molar-refractivity contribution in [3.8, 4) is 0 Å². The third-order valence-electron chi connectivity index (χ3n) is 9.96. The molecule has 29 heavy (non-hydrogen) atoms. The second-order valence-electron chi connectivity index (χ2n) is 11.8. The molecule has 5 unspecified atom stereocenters. The molecule has 7 atom stereocenters. The SMILES string of the molecule is C=C(CC[C@@H](C)C1CCC2C3=CC[C@H]4CC(O)CCC4(C)C3=CCC21C)C(C)C. The van der Waals surface area contributed by atoms with Crippen LogP contribution in [0.15, 0.2) is 35.5 Å². The Balaban J connectivity index is 1.54. The third kappa shape index (κ3) is 3.50. The summed E-state index contributed by atoms with van der Waals surface area (Å²) >= 11 is 0. The fourth-order valence-corrected chi connectivity index (χ4v) is 7.71. The zero-order valence-corrected chi connectivity index (χ0v) is 19.6. The molecule has 4 aliphatic rings. The van der Waals surface area contributed by atoms with E-state index >= 15 is 0 Å². The van der Waals surface area contributed by atoms with Crippen LogP contribution in [0.1, 0.15) is 92.4 Å². The summed E-state index contributed by atoms with van der Waals surface area (Å²) in [7, 11) is 0. The fraction of sp³-hybridized carbons (Fsp3) is 0.786. The summed E-state index contributed by atoms with van der Waals surface area (Å²) in [6.07, 6.45) is 16.1. The van der Waals surface area contributed by atoms with Crippen LogP contribution in [0.4, 0.5) is 0 Å². The Morgan fingerprint density at radius 3 is 2.66 bits per heavy atom. The van der Waals surface area contributed by atoms with Crippen LogP contribution in [-0.4, -0.2) is 11.2 Å². The van der Waals surface area contributed by atoms with Gasteiger partial charge in [-0.3, -0.25) is 0 Å². The van der Waals surface area contributed by atoms with Gasteiger partial charge in [-0.25, -0.2) is 0 Å². The van der Waals surface area contributed by atoms with Gasteiger partial charge in [0.1, 0.15) is 0 Å². The maximum absolute atomic E-state index is 10.2. The van der Waals surface area contributed by atoms with Crippen molar-refractivity contribution >= 4 is 0 Å². The van der Waals surface area contributed by atoms with Gasteiger partial charge in [-0.15, -0.1) is 0 Å². The highest BCUT2D eigenvalue weighted by Gasteiger charge is 2.55. The Hall–Kier alpha value is -0.820.